The SMILES string of the molecule is O=C(Oc1ccc(I)cc1)C(O)(C(F)(F)F)C(F)(F)F. The van der Waals surface area contributed by atoms with Crippen LogP contribution in [0.3, 0.4) is 0 Å². The minimum atomic E-state index is -6.26. The van der Waals surface area contributed by atoms with E-state index >= 15 is 0 Å². The van der Waals surface area contributed by atoms with Crippen LogP contribution in [-0.2, 0) is 4.79 Å². The Morgan fingerprint density at radius 3 is 1.75 bits per heavy atom. The first-order valence-electron chi connectivity index (χ1n) is 4.73. The molecular weight excluding hydrogens is 409 g/mol. The highest BCUT2D eigenvalue weighted by atomic mass is 127. The first-order chi connectivity index (χ1) is 8.89. The second kappa shape index (κ2) is 5.39. The largest absolute Gasteiger partial charge is 0.437 e. The lowest BCUT2D eigenvalue weighted by Gasteiger charge is -2.29. The van der Waals surface area contributed by atoms with Crippen molar-refractivity contribution in [2.75, 3.05) is 0 Å². The number of aliphatic hydroxyl groups is 1. The zero-order chi connectivity index (χ0) is 15.8. The number of halogens is 7. The summed E-state index contributed by atoms with van der Waals surface area (Å²) in [6.45, 7) is 0. The van der Waals surface area contributed by atoms with Crippen LogP contribution in [0.2, 0.25) is 0 Å². The number of benzene rings is 1. The fourth-order valence-electron chi connectivity index (χ4n) is 1.08. The Bertz CT molecular complexity index is 479. The molecule has 0 aliphatic heterocycles. The molecule has 3 nitrogen and oxygen atoms in total. The third-order valence-corrected chi connectivity index (χ3v) is 2.86. The van der Waals surface area contributed by atoms with E-state index in [0.717, 1.165) is 12.1 Å². The number of carbonyl (C=O) groups excluding carboxylic acids is 1. The number of alkyl halides is 6. The molecule has 1 aromatic rings. The third kappa shape index (κ3) is 3.16. The fourth-order valence-corrected chi connectivity index (χ4v) is 1.44. The molecule has 0 fully saturated rings. The van der Waals surface area contributed by atoms with Gasteiger partial charge in [0.1, 0.15) is 5.75 Å². The van der Waals surface area contributed by atoms with Crippen LogP contribution in [0.4, 0.5) is 26.3 Å². The van der Waals surface area contributed by atoms with Crippen molar-refractivity contribution in [1.82, 2.24) is 0 Å². The van der Waals surface area contributed by atoms with Crippen molar-refractivity contribution in [3.63, 3.8) is 0 Å². The highest BCUT2D eigenvalue weighted by Crippen LogP contribution is 2.43. The average molecular weight is 414 g/mol. The van der Waals surface area contributed by atoms with Crippen molar-refractivity contribution in [3.05, 3.63) is 27.8 Å². The van der Waals surface area contributed by atoms with Crippen molar-refractivity contribution >= 4 is 28.6 Å². The van der Waals surface area contributed by atoms with Crippen molar-refractivity contribution in [3.8, 4) is 5.75 Å². The van der Waals surface area contributed by atoms with E-state index in [1.54, 1.807) is 0 Å². The zero-order valence-corrected chi connectivity index (χ0v) is 11.4. The van der Waals surface area contributed by atoms with E-state index < -0.39 is 29.7 Å². The number of ether oxygens (including phenoxy) is 1. The van der Waals surface area contributed by atoms with Gasteiger partial charge in [-0.1, -0.05) is 0 Å². The van der Waals surface area contributed by atoms with Crippen molar-refractivity contribution < 1.29 is 41.0 Å². The Balaban J connectivity index is 3.11. The van der Waals surface area contributed by atoms with Gasteiger partial charge in [0, 0.05) is 3.57 Å². The molecule has 0 spiro atoms. The maximum absolute atomic E-state index is 12.3. The molecule has 0 unspecified atom stereocenters. The predicted molar refractivity (Wildman–Crippen MR) is 61.9 cm³/mol. The summed E-state index contributed by atoms with van der Waals surface area (Å²) in [6.07, 6.45) is -12.5. The van der Waals surface area contributed by atoms with Crippen LogP contribution in [0.15, 0.2) is 24.3 Å². The van der Waals surface area contributed by atoms with Gasteiger partial charge in [-0.2, -0.15) is 26.3 Å². The lowest BCUT2D eigenvalue weighted by Crippen LogP contribution is -2.63. The van der Waals surface area contributed by atoms with Gasteiger partial charge in [0.15, 0.2) is 0 Å². The molecule has 0 saturated heterocycles. The maximum Gasteiger partial charge on any atom is 0.437 e. The third-order valence-electron chi connectivity index (χ3n) is 2.14. The van der Waals surface area contributed by atoms with Gasteiger partial charge >= 0.3 is 23.9 Å². The van der Waals surface area contributed by atoms with Gasteiger partial charge in [-0.25, -0.2) is 4.79 Å². The second-order valence-electron chi connectivity index (χ2n) is 3.55. The molecule has 1 N–H and O–H groups in total. The van der Waals surface area contributed by atoms with Gasteiger partial charge in [-0.05, 0) is 46.9 Å². The molecule has 0 bridgehead atoms. The van der Waals surface area contributed by atoms with E-state index in [2.05, 4.69) is 4.74 Å². The summed E-state index contributed by atoms with van der Waals surface area (Å²) in [5.74, 6) is -3.42. The maximum atomic E-state index is 12.3. The van der Waals surface area contributed by atoms with Crippen molar-refractivity contribution in [2.24, 2.45) is 0 Å². The van der Waals surface area contributed by atoms with Crippen LogP contribution >= 0.6 is 22.6 Å². The lowest BCUT2D eigenvalue weighted by molar-refractivity contribution is -0.354. The molecule has 0 atom stereocenters. The summed E-state index contributed by atoms with van der Waals surface area (Å²) >= 11 is 1.82. The van der Waals surface area contributed by atoms with Crippen molar-refractivity contribution in [1.29, 1.82) is 0 Å². The smallest absolute Gasteiger partial charge is 0.424 e. The molecule has 0 saturated carbocycles. The normalized spacial score (nSPS) is 13.2. The molecule has 1 rings (SSSR count). The summed E-state index contributed by atoms with van der Waals surface area (Å²) in [4.78, 5) is 11.1. The van der Waals surface area contributed by atoms with Gasteiger partial charge < -0.3 is 9.84 Å². The van der Waals surface area contributed by atoms with E-state index in [1.165, 1.54) is 12.1 Å². The first-order valence-corrected chi connectivity index (χ1v) is 5.81. The number of hydrogen-bond donors (Lipinski definition) is 1. The van der Waals surface area contributed by atoms with Crippen LogP contribution in [-0.4, -0.2) is 29.0 Å². The van der Waals surface area contributed by atoms with Crippen LogP contribution in [0.25, 0.3) is 0 Å². The van der Waals surface area contributed by atoms with Crippen LogP contribution < -0.4 is 4.74 Å². The van der Waals surface area contributed by atoms with Gasteiger partial charge in [0.25, 0.3) is 0 Å². The van der Waals surface area contributed by atoms with Gasteiger partial charge in [0.05, 0.1) is 0 Å². The monoisotopic (exact) mass is 414 g/mol. The Morgan fingerprint density at radius 2 is 1.40 bits per heavy atom. The summed E-state index contributed by atoms with van der Waals surface area (Å²) < 4.78 is 78.6. The summed E-state index contributed by atoms with van der Waals surface area (Å²) in [5, 5.41) is 8.74. The van der Waals surface area contributed by atoms with E-state index in [1.807, 2.05) is 22.6 Å². The topological polar surface area (TPSA) is 46.5 Å². The molecule has 1 aromatic carbocycles. The molecule has 0 heterocycles. The molecule has 0 aliphatic carbocycles. The molecule has 20 heavy (non-hydrogen) atoms. The lowest BCUT2D eigenvalue weighted by atomic mass is 10.0. The van der Waals surface area contributed by atoms with Crippen LogP contribution in [0.5, 0.6) is 5.75 Å². The van der Waals surface area contributed by atoms with E-state index in [0.29, 0.717) is 3.57 Å². The minimum absolute atomic E-state index is 0.553. The second-order valence-corrected chi connectivity index (χ2v) is 4.80. The molecule has 0 aromatic heterocycles. The molecular formula is C10H5F6IO3. The van der Waals surface area contributed by atoms with Gasteiger partial charge in [-0.15, -0.1) is 0 Å². The van der Waals surface area contributed by atoms with Crippen LogP contribution in [0.1, 0.15) is 0 Å². The summed E-state index contributed by atoms with van der Waals surface area (Å²) in [7, 11) is 0. The van der Waals surface area contributed by atoms with E-state index in [9.17, 15) is 31.1 Å². The average Bonchev–Trinajstić information content (AvgIpc) is 2.28. The Morgan fingerprint density at radius 1 is 1.00 bits per heavy atom. The predicted octanol–water partition coefficient (Wildman–Crippen LogP) is 3.05. The van der Waals surface area contributed by atoms with Crippen LogP contribution in [0, 0.1) is 3.57 Å². The quantitative estimate of drug-likeness (QED) is 0.351. The van der Waals surface area contributed by atoms with Crippen molar-refractivity contribution in [2.45, 2.75) is 18.0 Å². The Hall–Kier alpha value is -1.04. The molecule has 10 heteroatoms. The molecule has 112 valence electrons. The zero-order valence-electron chi connectivity index (χ0n) is 9.22. The molecule has 0 radical (unpaired) electrons. The van der Waals surface area contributed by atoms with Gasteiger partial charge in [-0.3, -0.25) is 0 Å². The molecule has 0 amide bonds. The number of hydrogen-bond acceptors (Lipinski definition) is 3. The molecule has 0 aliphatic rings. The first kappa shape index (κ1) is 17.0. The number of rotatable bonds is 2. The highest BCUT2D eigenvalue weighted by Gasteiger charge is 2.76. The van der Waals surface area contributed by atoms with E-state index in [4.69, 9.17) is 5.11 Å². The minimum Gasteiger partial charge on any atom is -0.424 e. The fraction of sp³-hybridized carbons (Fsp3) is 0.300. The van der Waals surface area contributed by atoms with E-state index in [-0.39, 0.29) is 0 Å². The highest BCUT2D eigenvalue weighted by molar-refractivity contribution is 14.1. The number of carbonyl (C=O) groups is 1. The number of esters is 1. The Kier molecular flexibility index (Phi) is 4.58. The standard InChI is InChI=1S/C10H5F6IO3/c11-9(12,13)8(19,10(14,15)16)7(18)20-6-3-1-5(17)2-4-6/h1-4,19H. The van der Waals surface area contributed by atoms with Gasteiger partial charge in [0.2, 0.25) is 0 Å². The summed E-state index contributed by atoms with van der Waals surface area (Å²) in [5.41, 5.74) is -5.58. The summed E-state index contributed by atoms with van der Waals surface area (Å²) in [6, 6.07) is 4.58. The Labute approximate surface area is 121 Å².